The number of esters is 1. The number of thiophene rings is 1. The highest BCUT2D eigenvalue weighted by molar-refractivity contribution is 7.12. The van der Waals surface area contributed by atoms with Gasteiger partial charge < -0.3 is 10.5 Å². The average Bonchev–Trinajstić information content (AvgIpc) is 2.67. The molecule has 0 spiro atoms. The van der Waals surface area contributed by atoms with Gasteiger partial charge in [-0.15, -0.1) is 11.3 Å². The summed E-state index contributed by atoms with van der Waals surface area (Å²) in [7, 11) is 1.20. The third-order valence-corrected chi connectivity index (χ3v) is 2.39. The quantitative estimate of drug-likeness (QED) is 0.435. The van der Waals surface area contributed by atoms with E-state index in [9.17, 15) is 9.59 Å². The molecule has 0 aromatic carbocycles. The fourth-order valence-corrected chi connectivity index (χ4v) is 1.51. The van der Waals surface area contributed by atoms with Gasteiger partial charge >= 0.3 is 5.97 Å². The SMILES string of the molecule is COC(=O)[C@@H](N)C(=O)c1cccs1. The number of carbonyl (C=O) groups excluding carboxylic acids is 2. The zero-order valence-electron chi connectivity index (χ0n) is 7.02. The van der Waals surface area contributed by atoms with Gasteiger partial charge in [-0.25, -0.2) is 4.79 Å². The van der Waals surface area contributed by atoms with Gasteiger partial charge in [-0.05, 0) is 11.4 Å². The molecule has 0 saturated carbocycles. The van der Waals surface area contributed by atoms with Gasteiger partial charge in [-0.3, -0.25) is 4.79 Å². The minimum Gasteiger partial charge on any atom is -0.468 e. The number of carbonyl (C=O) groups is 2. The van der Waals surface area contributed by atoms with E-state index in [1.807, 2.05) is 0 Å². The molecule has 0 bridgehead atoms. The van der Waals surface area contributed by atoms with Crippen LogP contribution in [0.15, 0.2) is 17.5 Å². The Morgan fingerprint density at radius 3 is 2.77 bits per heavy atom. The monoisotopic (exact) mass is 199 g/mol. The first-order valence-electron chi connectivity index (χ1n) is 3.58. The molecule has 1 heterocycles. The Bertz CT molecular complexity index is 307. The van der Waals surface area contributed by atoms with Crippen molar-refractivity contribution in [3.8, 4) is 0 Å². The number of ketones is 1. The highest BCUT2D eigenvalue weighted by Crippen LogP contribution is 2.10. The topological polar surface area (TPSA) is 69.4 Å². The summed E-state index contributed by atoms with van der Waals surface area (Å²) in [6, 6.07) is 2.14. The zero-order valence-corrected chi connectivity index (χ0v) is 7.84. The van der Waals surface area contributed by atoms with Crippen LogP contribution in [-0.4, -0.2) is 24.9 Å². The fraction of sp³-hybridized carbons (Fsp3) is 0.250. The number of Topliss-reactive ketones (excluding diaryl/α,β-unsaturated/α-hetero) is 1. The third kappa shape index (κ3) is 2.13. The molecule has 1 atom stereocenters. The second-order valence-corrected chi connectivity index (χ2v) is 3.29. The molecule has 0 amide bonds. The van der Waals surface area contributed by atoms with Gasteiger partial charge in [0.1, 0.15) is 0 Å². The van der Waals surface area contributed by atoms with E-state index in [2.05, 4.69) is 4.74 Å². The Morgan fingerprint density at radius 1 is 1.62 bits per heavy atom. The largest absolute Gasteiger partial charge is 0.468 e. The Balaban J connectivity index is 2.74. The molecular weight excluding hydrogens is 190 g/mol. The van der Waals surface area contributed by atoms with Crippen LogP contribution in [0.1, 0.15) is 9.67 Å². The summed E-state index contributed by atoms with van der Waals surface area (Å²) < 4.78 is 4.35. The fourth-order valence-electron chi connectivity index (χ4n) is 0.806. The first kappa shape index (κ1) is 9.88. The minimum absolute atomic E-state index is 0.401. The molecule has 0 saturated heterocycles. The Labute approximate surface area is 79.3 Å². The maximum atomic E-state index is 11.4. The molecule has 1 aromatic rings. The normalized spacial score (nSPS) is 12.2. The highest BCUT2D eigenvalue weighted by atomic mass is 32.1. The second kappa shape index (κ2) is 4.15. The standard InChI is InChI=1S/C8H9NO3S/c1-12-8(11)6(9)7(10)5-3-2-4-13-5/h2-4,6H,9H2,1H3/t6-/m0/s1. The van der Waals surface area contributed by atoms with Crippen LogP contribution < -0.4 is 5.73 Å². The van der Waals surface area contributed by atoms with E-state index in [0.29, 0.717) is 4.88 Å². The Kier molecular flexibility index (Phi) is 3.16. The van der Waals surface area contributed by atoms with Crippen LogP contribution in [0.4, 0.5) is 0 Å². The van der Waals surface area contributed by atoms with E-state index in [1.165, 1.54) is 18.4 Å². The number of methoxy groups -OCH3 is 1. The highest BCUT2D eigenvalue weighted by Gasteiger charge is 2.24. The second-order valence-electron chi connectivity index (χ2n) is 2.34. The molecule has 0 radical (unpaired) electrons. The van der Waals surface area contributed by atoms with Gasteiger partial charge in [0.05, 0.1) is 12.0 Å². The first-order chi connectivity index (χ1) is 6.16. The van der Waals surface area contributed by atoms with Crippen LogP contribution in [0.25, 0.3) is 0 Å². The molecule has 0 unspecified atom stereocenters. The minimum atomic E-state index is -1.20. The van der Waals surface area contributed by atoms with Crippen molar-refractivity contribution < 1.29 is 14.3 Å². The van der Waals surface area contributed by atoms with Gasteiger partial charge in [0.15, 0.2) is 6.04 Å². The van der Waals surface area contributed by atoms with Crippen LogP contribution >= 0.6 is 11.3 Å². The lowest BCUT2D eigenvalue weighted by Gasteiger charge is -2.05. The van der Waals surface area contributed by atoms with Crippen molar-refractivity contribution in [3.63, 3.8) is 0 Å². The van der Waals surface area contributed by atoms with Crippen LogP contribution in [0.2, 0.25) is 0 Å². The van der Waals surface area contributed by atoms with Crippen LogP contribution in [0.5, 0.6) is 0 Å². The summed E-state index contributed by atoms with van der Waals surface area (Å²) in [6.45, 7) is 0. The lowest BCUT2D eigenvalue weighted by molar-refractivity contribution is -0.140. The molecule has 0 fully saturated rings. The van der Waals surface area contributed by atoms with Gasteiger partial charge in [0.25, 0.3) is 0 Å². The van der Waals surface area contributed by atoms with Crippen molar-refractivity contribution >= 4 is 23.1 Å². The Hall–Kier alpha value is -1.20. The number of hydrogen-bond acceptors (Lipinski definition) is 5. The molecule has 0 aliphatic carbocycles. The van der Waals surface area contributed by atoms with E-state index in [4.69, 9.17) is 5.73 Å². The van der Waals surface area contributed by atoms with Crippen LogP contribution in [0, 0.1) is 0 Å². The zero-order chi connectivity index (χ0) is 9.84. The summed E-state index contributed by atoms with van der Waals surface area (Å²) in [6.07, 6.45) is 0. The molecule has 1 rings (SSSR count). The maximum absolute atomic E-state index is 11.4. The summed E-state index contributed by atoms with van der Waals surface area (Å²) in [5.74, 6) is -1.11. The van der Waals surface area contributed by atoms with Crippen molar-refractivity contribution in [1.82, 2.24) is 0 Å². The molecule has 70 valence electrons. The van der Waals surface area contributed by atoms with E-state index >= 15 is 0 Å². The summed E-state index contributed by atoms with van der Waals surface area (Å²) >= 11 is 1.25. The van der Waals surface area contributed by atoms with Crippen molar-refractivity contribution in [1.29, 1.82) is 0 Å². The summed E-state index contributed by atoms with van der Waals surface area (Å²) in [4.78, 5) is 22.7. The first-order valence-corrected chi connectivity index (χ1v) is 4.46. The molecule has 0 aliphatic heterocycles. The number of nitrogens with two attached hydrogens (primary N) is 1. The van der Waals surface area contributed by atoms with Crippen molar-refractivity contribution in [2.45, 2.75) is 6.04 Å². The number of hydrogen-bond donors (Lipinski definition) is 1. The van der Waals surface area contributed by atoms with Crippen molar-refractivity contribution in [2.24, 2.45) is 5.73 Å². The van der Waals surface area contributed by atoms with E-state index in [0.717, 1.165) is 0 Å². The van der Waals surface area contributed by atoms with E-state index in [-0.39, 0.29) is 0 Å². The molecule has 4 nitrogen and oxygen atoms in total. The lowest BCUT2D eigenvalue weighted by Crippen LogP contribution is -2.39. The number of ether oxygens (including phenoxy) is 1. The number of rotatable bonds is 3. The van der Waals surface area contributed by atoms with E-state index in [1.54, 1.807) is 17.5 Å². The lowest BCUT2D eigenvalue weighted by atomic mass is 10.2. The summed E-state index contributed by atoms with van der Waals surface area (Å²) in [5, 5.41) is 1.75. The predicted octanol–water partition coefficient (Wildman–Crippen LogP) is 0.431. The smallest absolute Gasteiger partial charge is 0.330 e. The van der Waals surface area contributed by atoms with Crippen molar-refractivity contribution in [3.05, 3.63) is 22.4 Å². The van der Waals surface area contributed by atoms with Crippen molar-refractivity contribution in [2.75, 3.05) is 7.11 Å². The summed E-state index contributed by atoms with van der Waals surface area (Å²) in [5.41, 5.74) is 5.35. The third-order valence-electron chi connectivity index (χ3n) is 1.50. The van der Waals surface area contributed by atoms with Gasteiger partial charge in [-0.2, -0.15) is 0 Å². The van der Waals surface area contributed by atoms with Crippen LogP contribution in [0.3, 0.4) is 0 Å². The molecule has 5 heteroatoms. The molecule has 2 N–H and O–H groups in total. The van der Waals surface area contributed by atoms with Gasteiger partial charge in [0.2, 0.25) is 5.78 Å². The average molecular weight is 199 g/mol. The van der Waals surface area contributed by atoms with Gasteiger partial charge in [-0.1, -0.05) is 6.07 Å². The van der Waals surface area contributed by atoms with Gasteiger partial charge in [0, 0.05) is 0 Å². The molecular formula is C8H9NO3S. The van der Waals surface area contributed by atoms with Crippen LogP contribution in [-0.2, 0) is 9.53 Å². The predicted molar refractivity (Wildman–Crippen MR) is 48.6 cm³/mol. The molecule has 1 aromatic heterocycles. The molecule has 13 heavy (non-hydrogen) atoms. The molecule has 0 aliphatic rings. The maximum Gasteiger partial charge on any atom is 0.330 e. The Morgan fingerprint density at radius 2 is 2.31 bits per heavy atom. The van der Waals surface area contributed by atoms with E-state index < -0.39 is 17.8 Å².